The number of aromatic nitrogens is 2. The first-order chi connectivity index (χ1) is 12.6. The molecule has 2 aromatic rings. The Morgan fingerprint density at radius 3 is 2.56 bits per heavy atom. The van der Waals surface area contributed by atoms with Crippen molar-refractivity contribution in [3.63, 3.8) is 0 Å². The molecule has 2 heterocycles. The maximum Gasteiger partial charge on any atom is 0.410 e. The molecule has 1 aromatic heterocycles. The zero-order valence-electron chi connectivity index (χ0n) is 15.6. The smallest absolute Gasteiger partial charge is 0.410 e. The van der Waals surface area contributed by atoms with Gasteiger partial charge in [0.25, 0.3) is 0 Å². The van der Waals surface area contributed by atoms with Gasteiger partial charge in [0.05, 0.1) is 17.2 Å². The number of fused-ring (bicyclic) bond motifs is 1. The number of likely N-dealkylation sites (tertiary alicyclic amines) is 1. The fraction of sp³-hybridized carbons (Fsp3) is 0.556. The number of alkyl halides is 2. The number of nitrogens with zero attached hydrogens (tertiary/aromatic N) is 3. The highest BCUT2D eigenvalue weighted by Gasteiger charge is 2.28. The lowest BCUT2D eigenvalue weighted by atomic mass is 10.1. The lowest BCUT2D eigenvalue weighted by molar-refractivity contribution is -0.0492. The van der Waals surface area contributed by atoms with Crippen molar-refractivity contribution in [1.82, 2.24) is 14.7 Å². The standard InChI is InChI=1S/C18H24F2N4O3/c1-18(2,3)27-17(25)23-6-4-12(5-7-23)24-10-11-8-13(21)15(26-16(19)20)9-14(11)22-24/h8-10,12,16H,4-7,21H2,1-3H3. The molecule has 1 fully saturated rings. The quantitative estimate of drug-likeness (QED) is 0.817. The summed E-state index contributed by atoms with van der Waals surface area (Å²) in [6.07, 6.45) is 2.98. The maximum absolute atomic E-state index is 12.5. The molecule has 1 aliphatic heterocycles. The van der Waals surface area contributed by atoms with E-state index in [-0.39, 0.29) is 23.6 Å². The van der Waals surface area contributed by atoms with Crippen LogP contribution in [0.3, 0.4) is 0 Å². The van der Waals surface area contributed by atoms with Crippen LogP contribution in [0.2, 0.25) is 0 Å². The van der Waals surface area contributed by atoms with Gasteiger partial charge in [-0.3, -0.25) is 4.68 Å². The molecule has 0 radical (unpaired) electrons. The number of hydrogen-bond donors (Lipinski definition) is 1. The third kappa shape index (κ3) is 4.58. The van der Waals surface area contributed by atoms with Crippen molar-refractivity contribution >= 4 is 22.7 Å². The third-order valence-corrected chi connectivity index (χ3v) is 4.36. The molecule has 1 amide bonds. The van der Waals surface area contributed by atoms with E-state index in [9.17, 15) is 13.6 Å². The van der Waals surface area contributed by atoms with E-state index < -0.39 is 12.2 Å². The molecule has 3 rings (SSSR count). The molecule has 0 unspecified atom stereocenters. The Labute approximate surface area is 156 Å². The fourth-order valence-electron chi connectivity index (χ4n) is 3.11. The van der Waals surface area contributed by atoms with Gasteiger partial charge >= 0.3 is 12.7 Å². The third-order valence-electron chi connectivity index (χ3n) is 4.36. The number of carbonyl (C=O) groups excluding carboxylic acids is 1. The summed E-state index contributed by atoms with van der Waals surface area (Å²) in [5, 5.41) is 5.23. The van der Waals surface area contributed by atoms with Gasteiger partial charge in [0.15, 0.2) is 5.75 Å². The first kappa shape index (κ1) is 19.2. The second-order valence-corrected chi connectivity index (χ2v) is 7.64. The molecule has 1 saturated heterocycles. The number of piperidine rings is 1. The Hall–Kier alpha value is -2.58. The van der Waals surface area contributed by atoms with Crippen LogP contribution in [0.4, 0.5) is 19.3 Å². The summed E-state index contributed by atoms with van der Waals surface area (Å²) in [6.45, 7) is 3.71. The van der Waals surface area contributed by atoms with Crippen molar-refractivity contribution in [2.75, 3.05) is 18.8 Å². The molecular weight excluding hydrogens is 358 g/mol. The van der Waals surface area contributed by atoms with Crippen molar-refractivity contribution in [2.45, 2.75) is 51.9 Å². The second kappa shape index (κ2) is 7.21. The van der Waals surface area contributed by atoms with Gasteiger partial charge in [-0.15, -0.1) is 0 Å². The van der Waals surface area contributed by atoms with Crippen molar-refractivity contribution in [2.24, 2.45) is 0 Å². The molecular formula is C18H24F2N4O3. The van der Waals surface area contributed by atoms with E-state index in [0.717, 1.165) is 18.2 Å². The summed E-state index contributed by atoms with van der Waals surface area (Å²) in [6, 6.07) is 3.10. The first-order valence-electron chi connectivity index (χ1n) is 8.83. The first-order valence-corrected chi connectivity index (χ1v) is 8.83. The summed E-state index contributed by atoms with van der Waals surface area (Å²) in [5.74, 6) is -0.0810. The van der Waals surface area contributed by atoms with Crippen molar-refractivity contribution < 1.29 is 23.0 Å². The average Bonchev–Trinajstić information content (AvgIpc) is 2.96. The highest BCUT2D eigenvalue weighted by atomic mass is 19.3. The fourth-order valence-corrected chi connectivity index (χ4v) is 3.11. The van der Waals surface area contributed by atoms with Gasteiger partial charge in [0, 0.05) is 30.7 Å². The van der Waals surface area contributed by atoms with Crippen LogP contribution < -0.4 is 10.5 Å². The van der Waals surface area contributed by atoms with Gasteiger partial charge < -0.3 is 20.1 Å². The van der Waals surface area contributed by atoms with Crippen LogP contribution in [0.1, 0.15) is 39.7 Å². The largest absolute Gasteiger partial charge is 0.444 e. The number of halogens is 2. The van der Waals surface area contributed by atoms with E-state index in [1.165, 1.54) is 6.07 Å². The number of carbonyl (C=O) groups is 1. The van der Waals surface area contributed by atoms with Crippen molar-refractivity contribution in [1.29, 1.82) is 0 Å². The van der Waals surface area contributed by atoms with E-state index in [2.05, 4.69) is 9.84 Å². The molecule has 1 aromatic carbocycles. The minimum Gasteiger partial charge on any atom is -0.444 e. The van der Waals surface area contributed by atoms with Crippen LogP contribution in [0.25, 0.3) is 10.9 Å². The summed E-state index contributed by atoms with van der Waals surface area (Å²) < 4.78 is 36.5. The zero-order valence-corrected chi connectivity index (χ0v) is 15.6. The van der Waals surface area contributed by atoms with Crippen LogP contribution in [0.15, 0.2) is 18.3 Å². The Balaban J connectivity index is 1.69. The number of ether oxygens (including phenoxy) is 2. The topological polar surface area (TPSA) is 82.6 Å². The summed E-state index contributed by atoms with van der Waals surface area (Å²) in [5.41, 5.74) is 5.93. The monoisotopic (exact) mass is 382 g/mol. The van der Waals surface area contributed by atoms with Crippen LogP contribution >= 0.6 is 0 Å². The lowest BCUT2D eigenvalue weighted by Crippen LogP contribution is -2.42. The number of nitrogen functional groups attached to an aromatic ring is 1. The van der Waals surface area contributed by atoms with Crippen molar-refractivity contribution in [3.05, 3.63) is 18.3 Å². The molecule has 7 nitrogen and oxygen atoms in total. The number of rotatable bonds is 3. The number of anilines is 1. The molecule has 0 spiro atoms. The molecule has 0 bridgehead atoms. The highest BCUT2D eigenvalue weighted by molar-refractivity contribution is 5.84. The van der Waals surface area contributed by atoms with Crippen LogP contribution in [-0.2, 0) is 4.74 Å². The predicted molar refractivity (Wildman–Crippen MR) is 96.9 cm³/mol. The molecule has 0 atom stereocenters. The highest BCUT2D eigenvalue weighted by Crippen LogP contribution is 2.31. The predicted octanol–water partition coefficient (Wildman–Crippen LogP) is 3.79. The van der Waals surface area contributed by atoms with Gasteiger partial charge in [-0.25, -0.2) is 4.79 Å². The van der Waals surface area contributed by atoms with Gasteiger partial charge in [0.1, 0.15) is 5.60 Å². The number of amides is 1. The molecule has 148 valence electrons. The zero-order chi connectivity index (χ0) is 19.8. The van der Waals surface area contributed by atoms with Crippen molar-refractivity contribution in [3.8, 4) is 5.75 Å². The minimum absolute atomic E-state index is 0.0810. The summed E-state index contributed by atoms with van der Waals surface area (Å²) in [7, 11) is 0. The van der Waals surface area contributed by atoms with E-state index in [1.807, 2.05) is 31.6 Å². The van der Waals surface area contributed by atoms with Gasteiger partial charge in [-0.2, -0.15) is 13.9 Å². The second-order valence-electron chi connectivity index (χ2n) is 7.64. The van der Waals surface area contributed by atoms with Crippen LogP contribution in [-0.4, -0.2) is 46.1 Å². The maximum atomic E-state index is 12.5. The van der Waals surface area contributed by atoms with Gasteiger partial charge in [-0.1, -0.05) is 0 Å². The SMILES string of the molecule is CC(C)(C)OC(=O)N1CCC(n2cc3cc(N)c(OC(F)F)cc3n2)CC1. The van der Waals surface area contributed by atoms with E-state index in [4.69, 9.17) is 10.5 Å². The molecule has 1 aliphatic rings. The normalized spacial score (nSPS) is 16.1. The molecule has 9 heteroatoms. The Bertz CT molecular complexity index is 824. The van der Waals surface area contributed by atoms with E-state index in [1.54, 1.807) is 11.0 Å². The van der Waals surface area contributed by atoms with Gasteiger partial charge in [0.2, 0.25) is 0 Å². The average molecular weight is 382 g/mol. The minimum atomic E-state index is -2.94. The molecule has 2 N–H and O–H groups in total. The van der Waals surface area contributed by atoms with E-state index >= 15 is 0 Å². The van der Waals surface area contributed by atoms with Crippen LogP contribution in [0, 0.1) is 0 Å². The van der Waals surface area contributed by atoms with E-state index in [0.29, 0.717) is 18.6 Å². The summed E-state index contributed by atoms with van der Waals surface area (Å²) in [4.78, 5) is 13.8. The Kier molecular flexibility index (Phi) is 5.12. The molecule has 27 heavy (non-hydrogen) atoms. The number of hydrogen-bond acceptors (Lipinski definition) is 5. The Morgan fingerprint density at radius 2 is 1.96 bits per heavy atom. The number of nitrogens with two attached hydrogens (primary N) is 1. The Morgan fingerprint density at radius 1 is 1.30 bits per heavy atom. The van der Waals surface area contributed by atoms with Crippen LogP contribution in [0.5, 0.6) is 5.75 Å². The molecule has 0 saturated carbocycles. The molecule has 0 aliphatic carbocycles. The lowest BCUT2D eigenvalue weighted by Gasteiger charge is -2.33. The van der Waals surface area contributed by atoms with Gasteiger partial charge in [-0.05, 0) is 39.7 Å². The number of benzene rings is 1. The summed E-state index contributed by atoms with van der Waals surface area (Å²) >= 11 is 0.